The highest BCUT2D eigenvalue weighted by Crippen LogP contribution is 2.41. The topological polar surface area (TPSA) is 78.0 Å². The molecule has 0 N–H and O–H groups in total. The third kappa shape index (κ3) is 4.24. The van der Waals surface area contributed by atoms with Crippen molar-refractivity contribution in [1.82, 2.24) is 14.1 Å². The quantitative estimate of drug-likeness (QED) is 0.692. The molecule has 3 atom stereocenters. The van der Waals surface area contributed by atoms with E-state index in [0.29, 0.717) is 18.5 Å². The van der Waals surface area contributed by atoms with Crippen LogP contribution in [-0.4, -0.2) is 72.3 Å². The highest BCUT2D eigenvalue weighted by atomic mass is 32.2. The van der Waals surface area contributed by atoms with Crippen LogP contribution >= 0.6 is 0 Å². The van der Waals surface area contributed by atoms with Crippen LogP contribution in [0.1, 0.15) is 55.5 Å². The highest BCUT2D eigenvalue weighted by molar-refractivity contribution is 7.88. The van der Waals surface area contributed by atoms with Gasteiger partial charge in [0.05, 0.1) is 24.3 Å². The first-order valence-corrected chi connectivity index (χ1v) is 13.2. The van der Waals surface area contributed by atoms with Crippen LogP contribution in [0.2, 0.25) is 0 Å². The summed E-state index contributed by atoms with van der Waals surface area (Å²) in [7, 11) is -3.66. The number of fused-ring (bicyclic) bond motifs is 1. The van der Waals surface area contributed by atoms with Gasteiger partial charge in [0.25, 0.3) is 5.91 Å². The molecule has 31 heavy (non-hydrogen) atoms. The van der Waals surface area contributed by atoms with Gasteiger partial charge in [-0.2, -0.15) is 0 Å². The maximum Gasteiger partial charge on any atom is 0.254 e. The Morgan fingerprint density at radius 1 is 1.06 bits per heavy atom. The van der Waals surface area contributed by atoms with Gasteiger partial charge in [-0.05, 0) is 56.0 Å². The van der Waals surface area contributed by atoms with E-state index in [-0.39, 0.29) is 17.7 Å². The summed E-state index contributed by atoms with van der Waals surface area (Å²) in [6, 6.07) is 6.89. The van der Waals surface area contributed by atoms with Crippen LogP contribution in [0.5, 0.6) is 0 Å². The molecule has 8 heteroatoms. The monoisotopic (exact) mass is 447 g/mol. The van der Waals surface area contributed by atoms with Gasteiger partial charge in [0.2, 0.25) is 15.9 Å². The van der Waals surface area contributed by atoms with Gasteiger partial charge in [-0.3, -0.25) is 14.5 Å². The Hall–Kier alpha value is -1.93. The molecule has 7 nitrogen and oxygen atoms in total. The number of hydrogen-bond donors (Lipinski definition) is 0. The first-order chi connectivity index (χ1) is 14.7. The van der Waals surface area contributed by atoms with Crippen molar-refractivity contribution in [2.24, 2.45) is 11.8 Å². The fraction of sp³-hybridized carbons (Fsp3) is 0.652. The van der Waals surface area contributed by atoms with Crippen LogP contribution in [0.25, 0.3) is 0 Å². The summed E-state index contributed by atoms with van der Waals surface area (Å²) < 4.78 is 25.6. The number of amides is 2. The average Bonchev–Trinajstić information content (AvgIpc) is 3.24. The van der Waals surface area contributed by atoms with Crippen LogP contribution in [0.4, 0.5) is 0 Å². The second-order valence-corrected chi connectivity index (χ2v) is 11.4. The normalized spacial score (nSPS) is 27.2. The van der Waals surface area contributed by atoms with Gasteiger partial charge in [0.1, 0.15) is 0 Å². The lowest BCUT2D eigenvalue weighted by molar-refractivity contribution is -0.129. The number of carbonyl (C=O) groups excluding carboxylic acids is 2. The Morgan fingerprint density at radius 2 is 1.71 bits per heavy atom. The predicted octanol–water partition coefficient (Wildman–Crippen LogP) is 2.33. The third-order valence-corrected chi connectivity index (χ3v) is 8.15. The fourth-order valence-corrected chi connectivity index (χ4v) is 6.74. The largest absolute Gasteiger partial charge is 0.333 e. The molecule has 3 aliphatic rings. The molecule has 3 heterocycles. The highest BCUT2D eigenvalue weighted by Gasteiger charge is 2.58. The summed E-state index contributed by atoms with van der Waals surface area (Å²) in [5, 5.41) is 0. The minimum absolute atomic E-state index is 0.0490. The molecule has 3 saturated heterocycles. The summed E-state index contributed by atoms with van der Waals surface area (Å²) in [6.07, 6.45) is 5.36. The smallest absolute Gasteiger partial charge is 0.254 e. The van der Waals surface area contributed by atoms with Crippen LogP contribution in [0, 0.1) is 11.8 Å². The number of carbonyl (C=O) groups is 2. The van der Waals surface area contributed by atoms with E-state index in [1.54, 1.807) is 4.90 Å². The maximum atomic E-state index is 13.4. The van der Waals surface area contributed by atoms with E-state index in [1.807, 2.05) is 38.1 Å². The molecule has 2 amide bonds. The van der Waals surface area contributed by atoms with Crippen molar-refractivity contribution in [3.63, 3.8) is 0 Å². The van der Waals surface area contributed by atoms with Crippen molar-refractivity contribution in [3.05, 3.63) is 35.4 Å². The van der Waals surface area contributed by atoms with Crippen molar-refractivity contribution in [1.29, 1.82) is 0 Å². The lowest BCUT2D eigenvalue weighted by atomic mass is 9.88. The fourth-order valence-electron chi connectivity index (χ4n) is 5.56. The van der Waals surface area contributed by atoms with Crippen molar-refractivity contribution in [3.8, 4) is 0 Å². The van der Waals surface area contributed by atoms with Gasteiger partial charge in [-0.25, -0.2) is 12.7 Å². The van der Waals surface area contributed by atoms with Gasteiger partial charge in [0.15, 0.2) is 0 Å². The molecular weight excluding hydrogens is 414 g/mol. The molecule has 0 unspecified atom stereocenters. The zero-order valence-electron chi connectivity index (χ0n) is 18.7. The van der Waals surface area contributed by atoms with Crippen LogP contribution in [-0.2, 0) is 21.4 Å². The molecule has 0 spiro atoms. The van der Waals surface area contributed by atoms with Crippen molar-refractivity contribution < 1.29 is 18.0 Å². The molecule has 0 aliphatic carbocycles. The van der Waals surface area contributed by atoms with E-state index < -0.39 is 28.0 Å². The minimum Gasteiger partial charge on any atom is -0.333 e. The number of piperidine rings is 1. The molecule has 3 aliphatic heterocycles. The molecule has 1 aromatic carbocycles. The number of nitrogens with zero attached hydrogens (tertiary/aromatic N) is 3. The van der Waals surface area contributed by atoms with Crippen LogP contribution in [0.3, 0.4) is 0 Å². The predicted molar refractivity (Wildman–Crippen MR) is 119 cm³/mol. The third-order valence-electron chi connectivity index (χ3n) is 6.98. The van der Waals surface area contributed by atoms with Gasteiger partial charge in [-0.1, -0.05) is 32.4 Å². The Bertz CT molecular complexity index is 938. The number of likely N-dealkylation sites (tertiary alicyclic amines) is 2. The summed E-state index contributed by atoms with van der Waals surface area (Å²) in [5.74, 6) is -1.04. The zero-order chi connectivity index (χ0) is 22.3. The van der Waals surface area contributed by atoms with Gasteiger partial charge in [-0.15, -0.1) is 0 Å². The number of rotatable bonds is 5. The molecular formula is C23H33N3O4S. The average molecular weight is 448 g/mol. The Balaban J connectivity index is 1.53. The van der Waals surface area contributed by atoms with E-state index >= 15 is 0 Å². The summed E-state index contributed by atoms with van der Waals surface area (Å²) in [5.41, 5.74) is 1.79. The van der Waals surface area contributed by atoms with Crippen molar-refractivity contribution in [2.75, 3.05) is 25.9 Å². The molecule has 0 saturated carbocycles. The molecule has 0 aromatic heterocycles. The second-order valence-electron chi connectivity index (χ2n) is 9.55. The number of benzene rings is 1. The summed E-state index contributed by atoms with van der Waals surface area (Å²) in [6.45, 7) is 7.45. The number of hydrogen-bond acceptors (Lipinski definition) is 5. The lowest BCUT2D eigenvalue weighted by Gasteiger charge is -2.29. The first kappa shape index (κ1) is 22.3. The van der Waals surface area contributed by atoms with Crippen LogP contribution < -0.4 is 0 Å². The van der Waals surface area contributed by atoms with Crippen molar-refractivity contribution >= 4 is 21.8 Å². The minimum atomic E-state index is -3.66. The van der Waals surface area contributed by atoms with Gasteiger partial charge >= 0.3 is 0 Å². The van der Waals surface area contributed by atoms with E-state index in [9.17, 15) is 18.0 Å². The molecule has 0 bridgehead atoms. The van der Waals surface area contributed by atoms with Crippen molar-refractivity contribution in [2.45, 2.75) is 58.2 Å². The van der Waals surface area contributed by atoms with Gasteiger partial charge < -0.3 is 4.90 Å². The lowest BCUT2D eigenvalue weighted by Crippen LogP contribution is -2.44. The SMILES string of the molecule is CC(C)[C@H]1C(=O)N(S(C)(=O)=O)[C@H]2CCN(C(=O)c3ccc(CN4CCCCC4)cc3)[C@H]12. The first-order valence-electron chi connectivity index (χ1n) is 11.3. The maximum absolute atomic E-state index is 13.4. The van der Waals surface area contributed by atoms with Crippen LogP contribution in [0.15, 0.2) is 24.3 Å². The van der Waals surface area contributed by atoms with E-state index in [1.165, 1.54) is 24.8 Å². The van der Waals surface area contributed by atoms with E-state index in [2.05, 4.69) is 4.90 Å². The van der Waals surface area contributed by atoms with E-state index in [0.717, 1.165) is 30.2 Å². The molecule has 170 valence electrons. The van der Waals surface area contributed by atoms with Gasteiger partial charge in [0, 0.05) is 18.7 Å². The summed E-state index contributed by atoms with van der Waals surface area (Å²) >= 11 is 0. The standard InChI is InChI=1S/C23H33N3O4S/c1-16(2)20-21-19(26(23(20)28)31(3,29)30)11-14-25(21)22(27)18-9-7-17(8-10-18)15-24-12-5-4-6-13-24/h7-10,16,19-21H,4-6,11-15H2,1-3H3/t19-,20+,21-/m0/s1. The molecule has 3 fully saturated rings. The Morgan fingerprint density at radius 3 is 2.29 bits per heavy atom. The zero-order valence-corrected chi connectivity index (χ0v) is 19.5. The van der Waals surface area contributed by atoms with E-state index in [4.69, 9.17) is 0 Å². The molecule has 4 rings (SSSR count). The Kier molecular flexibility index (Phi) is 6.14. The molecule has 1 aromatic rings. The molecule has 0 radical (unpaired) electrons. The summed E-state index contributed by atoms with van der Waals surface area (Å²) in [4.78, 5) is 30.5. The second kappa shape index (κ2) is 8.54. The number of sulfonamides is 1. The Labute approximate surface area is 185 Å².